The van der Waals surface area contributed by atoms with E-state index in [0.717, 1.165) is 27.0 Å². The fraction of sp³-hybridized carbons (Fsp3) is 0.562. The van der Waals surface area contributed by atoms with Gasteiger partial charge in [0.05, 0.1) is 18.4 Å². The van der Waals surface area contributed by atoms with Crippen molar-refractivity contribution in [2.45, 2.75) is 39.2 Å². The average Bonchev–Trinajstić information content (AvgIpc) is 2.42. The highest BCUT2D eigenvalue weighted by molar-refractivity contribution is 9.11. The number of carbonyl (C=O) groups is 1. The maximum absolute atomic E-state index is 12.0. The Hall–Kier alpha value is -0.550. The second-order valence-electron chi connectivity index (χ2n) is 5.95. The van der Waals surface area contributed by atoms with Gasteiger partial charge in [0.15, 0.2) is 0 Å². The number of rotatable bonds is 3. The Balaban J connectivity index is 2.28. The summed E-state index contributed by atoms with van der Waals surface area (Å²) in [6, 6.07) is 4.14. The molecule has 1 aromatic carbocycles. The molecule has 0 saturated heterocycles. The first-order valence-electron chi connectivity index (χ1n) is 7.26. The quantitative estimate of drug-likeness (QED) is 0.682. The molecule has 1 N–H and O–H groups in total. The Morgan fingerprint density at radius 1 is 1.29 bits per heavy atom. The Bertz CT molecular complexity index is 533. The molecule has 3 atom stereocenters. The number of hydrogen-bond donors (Lipinski definition) is 1. The van der Waals surface area contributed by atoms with Gasteiger partial charge in [-0.3, -0.25) is 0 Å². The highest BCUT2D eigenvalue weighted by Crippen LogP contribution is 2.36. The molecular weight excluding hydrogens is 398 g/mol. The van der Waals surface area contributed by atoms with E-state index in [1.54, 1.807) is 6.07 Å². The predicted octanol–water partition coefficient (Wildman–Crippen LogP) is 5.23. The minimum absolute atomic E-state index is 0.323. The van der Waals surface area contributed by atoms with E-state index in [4.69, 9.17) is 4.74 Å². The summed E-state index contributed by atoms with van der Waals surface area (Å²) in [6.07, 6.45) is 3.58. The average molecular weight is 419 g/mol. The predicted molar refractivity (Wildman–Crippen MR) is 92.8 cm³/mol. The molecule has 3 unspecified atom stereocenters. The summed E-state index contributed by atoms with van der Waals surface area (Å²) in [7, 11) is 1.41. The van der Waals surface area contributed by atoms with Crippen LogP contribution in [0, 0.1) is 11.8 Å². The molecule has 1 aliphatic carbocycles. The van der Waals surface area contributed by atoms with Crippen molar-refractivity contribution in [2.24, 2.45) is 11.8 Å². The van der Waals surface area contributed by atoms with Gasteiger partial charge < -0.3 is 10.1 Å². The third-order valence-electron chi connectivity index (χ3n) is 4.22. The SMILES string of the molecule is COC(=O)c1cc(Br)cc(Br)c1NC1CCC(C)CC1C. The van der Waals surface area contributed by atoms with E-state index in [-0.39, 0.29) is 5.97 Å². The van der Waals surface area contributed by atoms with Gasteiger partial charge in [-0.15, -0.1) is 0 Å². The van der Waals surface area contributed by atoms with E-state index in [1.807, 2.05) is 6.07 Å². The molecule has 0 aromatic heterocycles. The minimum Gasteiger partial charge on any atom is -0.465 e. The number of ether oxygens (including phenoxy) is 1. The van der Waals surface area contributed by atoms with Gasteiger partial charge in [-0.25, -0.2) is 4.79 Å². The molecule has 1 aromatic rings. The van der Waals surface area contributed by atoms with Crippen LogP contribution in [-0.2, 0) is 4.74 Å². The molecule has 0 spiro atoms. The first-order valence-corrected chi connectivity index (χ1v) is 8.84. The van der Waals surface area contributed by atoms with Crippen molar-refractivity contribution in [3.63, 3.8) is 0 Å². The monoisotopic (exact) mass is 417 g/mol. The summed E-state index contributed by atoms with van der Waals surface area (Å²) in [5, 5.41) is 3.56. The second-order valence-corrected chi connectivity index (χ2v) is 7.72. The van der Waals surface area contributed by atoms with E-state index in [1.165, 1.54) is 20.0 Å². The zero-order chi connectivity index (χ0) is 15.6. The fourth-order valence-corrected chi connectivity index (χ4v) is 4.40. The van der Waals surface area contributed by atoms with Crippen LogP contribution in [0.4, 0.5) is 5.69 Å². The highest BCUT2D eigenvalue weighted by Gasteiger charge is 2.27. The third-order valence-corrected chi connectivity index (χ3v) is 5.30. The van der Waals surface area contributed by atoms with E-state index in [0.29, 0.717) is 17.5 Å². The first kappa shape index (κ1) is 16.8. The fourth-order valence-electron chi connectivity index (χ4n) is 3.06. The van der Waals surface area contributed by atoms with Crippen LogP contribution in [0.15, 0.2) is 21.1 Å². The molecule has 21 heavy (non-hydrogen) atoms. The molecule has 3 nitrogen and oxygen atoms in total. The van der Waals surface area contributed by atoms with Crippen molar-refractivity contribution in [3.05, 3.63) is 26.6 Å². The van der Waals surface area contributed by atoms with Crippen LogP contribution in [0.25, 0.3) is 0 Å². The maximum atomic E-state index is 12.0. The van der Waals surface area contributed by atoms with E-state index >= 15 is 0 Å². The van der Waals surface area contributed by atoms with Crippen molar-refractivity contribution in [2.75, 3.05) is 12.4 Å². The highest BCUT2D eigenvalue weighted by atomic mass is 79.9. The molecule has 5 heteroatoms. The zero-order valence-electron chi connectivity index (χ0n) is 12.6. The molecular formula is C16H21Br2NO2. The van der Waals surface area contributed by atoms with Crippen LogP contribution in [0.2, 0.25) is 0 Å². The molecule has 1 aliphatic rings. The van der Waals surface area contributed by atoms with Gasteiger partial charge in [0, 0.05) is 15.0 Å². The van der Waals surface area contributed by atoms with Crippen molar-refractivity contribution < 1.29 is 9.53 Å². The summed E-state index contributed by atoms with van der Waals surface area (Å²) in [5.41, 5.74) is 1.39. The number of halogens is 2. The Morgan fingerprint density at radius 2 is 2.00 bits per heavy atom. The molecule has 0 bridgehead atoms. The van der Waals surface area contributed by atoms with Crippen molar-refractivity contribution in [3.8, 4) is 0 Å². The number of benzene rings is 1. The summed E-state index contributed by atoms with van der Waals surface area (Å²) in [5.74, 6) is 1.05. The van der Waals surface area contributed by atoms with Gasteiger partial charge in [0.25, 0.3) is 0 Å². The molecule has 0 aliphatic heterocycles. The Morgan fingerprint density at radius 3 is 2.62 bits per heavy atom. The molecule has 0 heterocycles. The summed E-state index contributed by atoms with van der Waals surface area (Å²) in [6.45, 7) is 4.58. The number of carbonyl (C=O) groups excluding carboxylic acids is 1. The van der Waals surface area contributed by atoms with Gasteiger partial charge in [0.1, 0.15) is 0 Å². The standard InChI is InChI=1S/C16H21Br2NO2/c1-9-4-5-14(10(2)6-9)19-15-12(16(20)21-3)7-11(17)8-13(15)18/h7-10,14,19H,4-6H2,1-3H3. The molecule has 1 fully saturated rings. The van der Waals surface area contributed by atoms with Crippen molar-refractivity contribution in [1.29, 1.82) is 0 Å². The van der Waals surface area contributed by atoms with Gasteiger partial charge in [-0.05, 0) is 59.2 Å². The van der Waals surface area contributed by atoms with E-state index < -0.39 is 0 Å². The summed E-state index contributed by atoms with van der Waals surface area (Å²) >= 11 is 6.98. The number of anilines is 1. The van der Waals surface area contributed by atoms with Gasteiger partial charge in [0.2, 0.25) is 0 Å². The van der Waals surface area contributed by atoms with Gasteiger partial charge in [-0.2, -0.15) is 0 Å². The molecule has 0 radical (unpaired) electrons. The molecule has 1 saturated carbocycles. The van der Waals surface area contributed by atoms with Crippen LogP contribution in [0.3, 0.4) is 0 Å². The zero-order valence-corrected chi connectivity index (χ0v) is 15.8. The first-order chi connectivity index (χ1) is 9.92. The lowest BCUT2D eigenvalue weighted by Gasteiger charge is -2.34. The largest absolute Gasteiger partial charge is 0.465 e. The number of methoxy groups -OCH3 is 1. The molecule has 0 amide bonds. The van der Waals surface area contributed by atoms with Crippen LogP contribution >= 0.6 is 31.9 Å². The van der Waals surface area contributed by atoms with Crippen LogP contribution in [0.1, 0.15) is 43.5 Å². The molecule has 116 valence electrons. The Kier molecular flexibility index (Phi) is 5.72. The normalized spacial score (nSPS) is 25.5. The summed E-state index contributed by atoms with van der Waals surface area (Å²) < 4.78 is 6.63. The number of esters is 1. The third kappa shape index (κ3) is 4.01. The lowest BCUT2D eigenvalue weighted by molar-refractivity contribution is 0.0601. The second kappa shape index (κ2) is 7.14. The topological polar surface area (TPSA) is 38.3 Å². The Labute approximate surface area is 143 Å². The van der Waals surface area contributed by atoms with Crippen LogP contribution < -0.4 is 5.32 Å². The minimum atomic E-state index is -0.323. The number of hydrogen-bond acceptors (Lipinski definition) is 3. The van der Waals surface area contributed by atoms with E-state index in [9.17, 15) is 4.79 Å². The lowest BCUT2D eigenvalue weighted by atomic mass is 9.80. The smallest absolute Gasteiger partial charge is 0.340 e. The maximum Gasteiger partial charge on any atom is 0.340 e. The summed E-state index contributed by atoms with van der Waals surface area (Å²) in [4.78, 5) is 12.0. The van der Waals surface area contributed by atoms with Gasteiger partial charge >= 0.3 is 5.97 Å². The van der Waals surface area contributed by atoms with E-state index in [2.05, 4.69) is 51.0 Å². The molecule has 2 rings (SSSR count). The van der Waals surface area contributed by atoms with Crippen molar-refractivity contribution >= 4 is 43.5 Å². The van der Waals surface area contributed by atoms with Crippen LogP contribution in [-0.4, -0.2) is 19.1 Å². The van der Waals surface area contributed by atoms with Crippen molar-refractivity contribution in [1.82, 2.24) is 0 Å². The van der Waals surface area contributed by atoms with Crippen LogP contribution in [0.5, 0.6) is 0 Å². The number of nitrogens with one attached hydrogen (secondary N) is 1. The van der Waals surface area contributed by atoms with Gasteiger partial charge in [-0.1, -0.05) is 29.8 Å². The lowest BCUT2D eigenvalue weighted by Crippen LogP contribution is -2.33.